The maximum Gasteiger partial charge on any atom is 0.306 e. The number of carbonyl (C=O) groups excluding carboxylic acids is 3. The third-order valence-corrected chi connectivity index (χ3v) is 15.7. The van der Waals surface area contributed by atoms with E-state index in [4.69, 9.17) is 14.2 Å². The Balaban J connectivity index is 3.95. The molecule has 0 aromatic rings. The Hall–Kier alpha value is -2.11. The average Bonchev–Trinajstić information content (AvgIpc) is 3.42. The van der Waals surface area contributed by atoms with Gasteiger partial charge in [0, 0.05) is 19.3 Å². The number of unbranched alkanes of at least 4 members (excludes halogenated alkanes) is 49. The first kappa shape index (κ1) is 73.9. The third-order valence-electron chi connectivity index (χ3n) is 15.7. The summed E-state index contributed by atoms with van der Waals surface area (Å²) in [6.07, 6.45) is 79.6. The quantitative estimate of drug-likeness (QED) is 0.0261. The Morgan fingerprint density at radius 1 is 0.263 bits per heavy atom. The molecule has 0 amide bonds. The average molecular weight is 1070 g/mol. The molecule has 0 spiro atoms. The first-order valence-corrected chi connectivity index (χ1v) is 34.3. The van der Waals surface area contributed by atoms with Crippen molar-refractivity contribution in [2.45, 2.75) is 393 Å². The molecule has 0 N–H and O–H groups in total. The van der Waals surface area contributed by atoms with Crippen LogP contribution in [0.1, 0.15) is 387 Å². The molecule has 0 aliphatic rings. The molecule has 6 nitrogen and oxygen atoms in total. The van der Waals surface area contributed by atoms with E-state index in [2.05, 4.69) is 45.1 Å². The lowest BCUT2D eigenvalue weighted by atomic mass is 10.0. The van der Waals surface area contributed by atoms with Gasteiger partial charge >= 0.3 is 17.9 Å². The van der Waals surface area contributed by atoms with Gasteiger partial charge in [0.25, 0.3) is 0 Å². The molecule has 1 atom stereocenters. The molecule has 0 aromatic heterocycles. The zero-order valence-electron chi connectivity index (χ0n) is 51.6. The van der Waals surface area contributed by atoms with Crippen molar-refractivity contribution in [1.82, 2.24) is 0 Å². The number of ether oxygens (including phenoxy) is 3. The lowest BCUT2D eigenvalue weighted by molar-refractivity contribution is -0.167. The van der Waals surface area contributed by atoms with Gasteiger partial charge in [-0.25, -0.2) is 0 Å². The Morgan fingerprint density at radius 2 is 0.474 bits per heavy atom. The van der Waals surface area contributed by atoms with Gasteiger partial charge in [-0.2, -0.15) is 0 Å². The molecule has 0 fully saturated rings. The highest BCUT2D eigenvalue weighted by Crippen LogP contribution is 2.19. The van der Waals surface area contributed by atoms with Crippen molar-refractivity contribution in [3.8, 4) is 0 Å². The van der Waals surface area contributed by atoms with E-state index in [9.17, 15) is 14.4 Å². The zero-order valence-corrected chi connectivity index (χ0v) is 51.6. The second-order valence-electron chi connectivity index (χ2n) is 23.5. The molecule has 6 heteroatoms. The number of hydrogen-bond acceptors (Lipinski definition) is 6. The van der Waals surface area contributed by atoms with Crippen LogP contribution in [0.2, 0.25) is 0 Å². The second-order valence-corrected chi connectivity index (χ2v) is 23.5. The topological polar surface area (TPSA) is 78.9 Å². The SMILES string of the molecule is CCCCCC/C=C\C/C=C\CCCCCCCCCC(=O)OC(COC(=O)CCCCCCCCC)COC(=O)CCCCCCCCCCCCCCCCCCCCCCCCCCCCCCCCCCC. The van der Waals surface area contributed by atoms with Gasteiger partial charge in [-0.05, 0) is 51.4 Å². The van der Waals surface area contributed by atoms with Gasteiger partial charge in [0.05, 0.1) is 0 Å². The fraction of sp³-hybridized carbons (Fsp3) is 0.900. The fourth-order valence-electron chi connectivity index (χ4n) is 10.5. The van der Waals surface area contributed by atoms with Crippen LogP contribution in [-0.4, -0.2) is 37.2 Å². The summed E-state index contributed by atoms with van der Waals surface area (Å²) in [5.74, 6) is -0.860. The Kier molecular flexibility index (Phi) is 63.6. The third kappa shape index (κ3) is 62.7. The molecule has 448 valence electrons. The number of carbonyl (C=O) groups is 3. The Labute approximate surface area is 474 Å². The summed E-state index contributed by atoms with van der Waals surface area (Å²) >= 11 is 0. The molecule has 0 radical (unpaired) electrons. The van der Waals surface area contributed by atoms with Gasteiger partial charge in [-0.15, -0.1) is 0 Å². The van der Waals surface area contributed by atoms with Crippen molar-refractivity contribution < 1.29 is 28.6 Å². The smallest absolute Gasteiger partial charge is 0.306 e. The van der Waals surface area contributed by atoms with Crippen molar-refractivity contribution in [3.05, 3.63) is 24.3 Å². The molecule has 0 bridgehead atoms. The van der Waals surface area contributed by atoms with Gasteiger partial charge in [0.2, 0.25) is 0 Å². The van der Waals surface area contributed by atoms with Crippen LogP contribution in [-0.2, 0) is 28.6 Å². The summed E-state index contributed by atoms with van der Waals surface area (Å²) in [5.41, 5.74) is 0. The number of allylic oxidation sites excluding steroid dienone is 4. The molecule has 76 heavy (non-hydrogen) atoms. The van der Waals surface area contributed by atoms with Gasteiger partial charge in [0.1, 0.15) is 13.2 Å². The summed E-state index contributed by atoms with van der Waals surface area (Å²) in [4.78, 5) is 38.1. The molecule has 0 aliphatic heterocycles. The molecule has 0 aliphatic carbocycles. The van der Waals surface area contributed by atoms with Gasteiger partial charge < -0.3 is 14.2 Å². The first-order chi connectivity index (χ1) is 37.5. The number of hydrogen-bond donors (Lipinski definition) is 0. The predicted molar refractivity (Wildman–Crippen MR) is 330 cm³/mol. The van der Waals surface area contributed by atoms with Crippen LogP contribution < -0.4 is 0 Å². The van der Waals surface area contributed by atoms with Crippen LogP contribution in [0.25, 0.3) is 0 Å². The van der Waals surface area contributed by atoms with Crippen molar-refractivity contribution in [1.29, 1.82) is 0 Å². The zero-order chi connectivity index (χ0) is 55.0. The van der Waals surface area contributed by atoms with E-state index >= 15 is 0 Å². The fourth-order valence-corrected chi connectivity index (χ4v) is 10.5. The van der Waals surface area contributed by atoms with Crippen LogP contribution in [0.5, 0.6) is 0 Å². The normalized spacial score (nSPS) is 12.1. The molecular weight excluding hydrogens is 937 g/mol. The largest absolute Gasteiger partial charge is 0.462 e. The van der Waals surface area contributed by atoms with E-state index in [0.717, 1.165) is 70.6 Å². The standard InChI is InChI=1S/C70H132O6/c1-4-7-10-13-16-18-20-22-24-26-28-29-30-31-32-33-34-35-36-37-38-39-40-41-42-44-45-47-49-51-54-57-60-63-69(72)75-66-67(65-74-68(71)62-59-56-53-15-12-9-6-3)76-70(73)64-61-58-55-52-50-48-46-43-27-25-23-21-19-17-14-11-8-5-2/h19,21,25,27,67H,4-18,20,22-24,26,28-66H2,1-3H3/b21-19-,27-25-. The van der Waals surface area contributed by atoms with Crippen LogP contribution in [0.3, 0.4) is 0 Å². The minimum Gasteiger partial charge on any atom is -0.462 e. The van der Waals surface area contributed by atoms with Gasteiger partial charge in [-0.1, -0.05) is 340 Å². The maximum absolute atomic E-state index is 12.8. The van der Waals surface area contributed by atoms with E-state index in [1.807, 2.05) is 0 Å². The summed E-state index contributed by atoms with van der Waals surface area (Å²) in [5, 5.41) is 0. The van der Waals surface area contributed by atoms with Crippen LogP contribution in [0, 0.1) is 0 Å². The molecule has 0 aromatic carbocycles. The van der Waals surface area contributed by atoms with E-state index < -0.39 is 6.10 Å². The molecule has 0 saturated carbocycles. The number of rotatable bonds is 64. The van der Waals surface area contributed by atoms with Crippen molar-refractivity contribution in [3.63, 3.8) is 0 Å². The van der Waals surface area contributed by atoms with Gasteiger partial charge in [-0.3, -0.25) is 14.4 Å². The summed E-state index contributed by atoms with van der Waals surface area (Å²) in [6, 6.07) is 0. The van der Waals surface area contributed by atoms with Crippen molar-refractivity contribution in [2.24, 2.45) is 0 Å². The highest BCUT2D eigenvalue weighted by molar-refractivity contribution is 5.71. The highest BCUT2D eigenvalue weighted by atomic mass is 16.6. The maximum atomic E-state index is 12.8. The van der Waals surface area contributed by atoms with Crippen molar-refractivity contribution >= 4 is 17.9 Å². The van der Waals surface area contributed by atoms with Crippen LogP contribution in [0.4, 0.5) is 0 Å². The van der Waals surface area contributed by atoms with E-state index in [-0.39, 0.29) is 31.1 Å². The summed E-state index contributed by atoms with van der Waals surface area (Å²) in [7, 11) is 0. The van der Waals surface area contributed by atoms with Crippen molar-refractivity contribution in [2.75, 3.05) is 13.2 Å². The Bertz CT molecular complexity index is 1230. The first-order valence-electron chi connectivity index (χ1n) is 34.3. The predicted octanol–water partition coefficient (Wildman–Crippen LogP) is 23.4. The lowest BCUT2D eigenvalue weighted by Crippen LogP contribution is -2.30. The van der Waals surface area contributed by atoms with Crippen LogP contribution in [0.15, 0.2) is 24.3 Å². The summed E-state index contributed by atoms with van der Waals surface area (Å²) in [6.45, 7) is 6.64. The van der Waals surface area contributed by atoms with Crippen LogP contribution >= 0.6 is 0 Å². The summed E-state index contributed by atoms with van der Waals surface area (Å²) < 4.78 is 16.8. The molecule has 0 heterocycles. The Morgan fingerprint density at radius 3 is 0.737 bits per heavy atom. The molecule has 0 rings (SSSR count). The monoisotopic (exact) mass is 1070 g/mol. The lowest BCUT2D eigenvalue weighted by Gasteiger charge is -2.18. The highest BCUT2D eigenvalue weighted by Gasteiger charge is 2.19. The second kappa shape index (κ2) is 65.4. The van der Waals surface area contributed by atoms with E-state index in [1.54, 1.807) is 0 Å². The van der Waals surface area contributed by atoms with Gasteiger partial charge in [0.15, 0.2) is 6.10 Å². The molecular formula is C70H132O6. The molecule has 0 saturated heterocycles. The van der Waals surface area contributed by atoms with E-state index in [0.29, 0.717) is 19.3 Å². The minimum atomic E-state index is -0.770. The molecule has 1 unspecified atom stereocenters. The number of esters is 3. The minimum absolute atomic E-state index is 0.0695. The van der Waals surface area contributed by atoms with E-state index in [1.165, 1.54) is 276 Å².